The number of carbonyl (C=O) groups is 1. The third-order valence-corrected chi connectivity index (χ3v) is 4.68. The quantitative estimate of drug-likeness (QED) is 0.578. The molecule has 0 unspecified atom stereocenters. The summed E-state index contributed by atoms with van der Waals surface area (Å²) >= 11 is 0. The smallest absolute Gasteiger partial charge is 0.328 e. The molecule has 1 amide bonds. The van der Waals surface area contributed by atoms with Gasteiger partial charge in [0, 0.05) is 19.5 Å². The molecule has 30 heavy (non-hydrogen) atoms. The zero-order valence-electron chi connectivity index (χ0n) is 17.0. The number of aromatic amines is 1. The Morgan fingerprint density at radius 2 is 1.70 bits per heavy atom. The Kier molecular flexibility index (Phi) is 6.41. The fraction of sp³-hybridized carbons (Fsp3) is 0.286. The first-order valence-electron chi connectivity index (χ1n) is 9.26. The van der Waals surface area contributed by atoms with Gasteiger partial charge in [0.15, 0.2) is 11.5 Å². The Bertz CT molecular complexity index is 1160. The van der Waals surface area contributed by atoms with E-state index in [0.29, 0.717) is 28.2 Å². The average molecular weight is 413 g/mol. The number of nitrogens with one attached hydrogen (secondary N) is 2. The maximum Gasteiger partial charge on any atom is 0.328 e. The van der Waals surface area contributed by atoms with Gasteiger partial charge in [-0.1, -0.05) is 12.1 Å². The number of hydrogen-bond donors (Lipinski definition) is 2. The van der Waals surface area contributed by atoms with Gasteiger partial charge in [-0.15, -0.1) is 0 Å². The molecule has 158 valence electrons. The number of benzene rings is 2. The summed E-state index contributed by atoms with van der Waals surface area (Å²) in [6.07, 6.45) is 0.0698. The van der Waals surface area contributed by atoms with Crippen molar-refractivity contribution in [2.24, 2.45) is 0 Å². The maximum absolute atomic E-state index is 12.4. The van der Waals surface area contributed by atoms with E-state index in [9.17, 15) is 14.4 Å². The van der Waals surface area contributed by atoms with Crippen LogP contribution in [0.5, 0.6) is 17.2 Å². The summed E-state index contributed by atoms with van der Waals surface area (Å²) < 4.78 is 17.3. The van der Waals surface area contributed by atoms with Crippen molar-refractivity contribution in [3.8, 4) is 17.2 Å². The lowest BCUT2D eigenvalue weighted by Gasteiger charge is -2.14. The molecule has 2 aromatic carbocycles. The molecule has 0 aliphatic carbocycles. The number of fused-ring (bicyclic) bond motifs is 1. The van der Waals surface area contributed by atoms with Gasteiger partial charge in [-0.2, -0.15) is 0 Å². The number of para-hydroxylation sites is 1. The van der Waals surface area contributed by atoms with Gasteiger partial charge < -0.3 is 19.5 Å². The van der Waals surface area contributed by atoms with Crippen molar-refractivity contribution in [3.63, 3.8) is 0 Å². The van der Waals surface area contributed by atoms with Crippen LogP contribution in [0.4, 0.5) is 0 Å². The number of H-pyrrole nitrogens is 1. The number of nitrogens with zero attached hydrogens (tertiary/aromatic N) is 1. The highest BCUT2D eigenvalue weighted by molar-refractivity contribution is 5.78. The van der Waals surface area contributed by atoms with Crippen LogP contribution in [0.3, 0.4) is 0 Å². The van der Waals surface area contributed by atoms with Crippen molar-refractivity contribution >= 4 is 16.8 Å². The van der Waals surface area contributed by atoms with Crippen molar-refractivity contribution in [2.45, 2.75) is 19.5 Å². The number of aromatic nitrogens is 2. The topological polar surface area (TPSA) is 112 Å². The molecule has 3 rings (SSSR count). The number of amides is 1. The van der Waals surface area contributed by atoms with Crippen LogP contribution in [0.2, 0.25) is 0 Å². The van der Waals surface area contributed by atoms with Gasteiger partial charge in [0.1, 0.15) is 0 Å². The summed E-state index contributed by atoms with van der Waals surface area (Å²) in [6, 6.07) is 10.3. The molecule has 1 aromatic heterocycles. The summed E-state index contributed by atoms with van der Waals surface area (Å²) in [6.45, 7) is 0.383. The van der Waals surface area contributed by atoms with E-state index >= 15 is 0 Å². The number of methoxy groups -OCH3 is 3. The molecule has 0 atom stereocenters. The Morgan fingerprint density at radius 1 is 1.03 bits per heavy atom. The van der Waals surface area contributed by atoms with E-state index in [4.69, 9.17) is 14.2 Å². The van der Waals surface area contributed by atoms with Crippen LogP contribution >= 0.6 is 0 Å². The fourth-order valence-electron chi connectivity index (χ4n) is 3.20. The molecule has 2 N–H and O–H groups in total. The lowest BCUT2D eigenvalue weighted by Crippen LogP contribution is -2.32. The number of ether oxygens (including phenoxy) is 3. The Labute approximate surface area is 172 Å². The minimum absolute atomic E-state index is 0.0698. The summed E-state index contributed by atoms with van der Waals surface area (Å²) in [5.74, 6) is 1.21. The molecular weight excluding hydrogens is 390 g/mol. The minimum Gasteiger partial charge on any atom is -0.493 e. The first-order valence-corrected chi connectivity index (χ1v) is 9.26. The van der Waals surface area contributed by atoms with Gasteiger partial charge in [-0.05, 0) is 29.8 Å². The predicted molar refractivity (Wildman–Crippen MR) is 111 cm³/mol. The van der Waals surface area contributed by atoms with E-state index < -0.39 is 11.2 Å². The van der Waals surface area contributed by atoms with E-state index in [1.54, 1.807) is 36.4 Å². The molecule has 3 aromatic rings. The third-order valence-electron chi connectivity index (χ3n) is 4.68. The first-order chi connectivity index (χ1) is 14.5. The lowest BCUT2D eigenvalue weighted by molar-refractivity contribution is -0.121. The molecule has 0 radical (unpaired) electrons. The Morgan fingerprint density at radius 3 is 2.33 bits per heavy atom. The van der Waals surface area contributed by atoms with Crippen LogP contribution in [-0.4, -0.2) is 36.8 Å². The average Bonchev–Trinajstić information content (AvgIpc) is 2.76. The summed E-state index contributed by atoms with van der Waals surface area (Å²) in [5, 5.41) is 3.21. The highest BCUT2D eigenvalue weighted by Crippen LogP contribution is 2.38. The van der Waals surface area contributed by atoms with Crippen LogP contribution in [0.15, 0.2) is 46.0 Å². The van der Waals surface area contributed by atoms with E-state index in [1.165, 1.54) is 25.9 Å². The Hall–Kier alpha value is -3.75. The monoisotopic (exact) mass is 413 g/mol. The first kappa shape index (κ1) is 21.0. The van der Waals surface area contributed by atoms with Gasteiger partial charge in [0.25, 0.3) is 5.56 Å². The van der Waals surface area contributed by atoms with Crippen LogP contribution in [-0.2, 0) is 17.9 Å². The van der Waals surface area contributed by atoms with Crippen LogP contribution in [0.25, 0.3) is 10.9 Å². The van der Waals surface area contributed by atoms with Crippen LogP contribution < -0.4 is 30.8 Å². The molecule has 0 saturated heterocycles. The molecule has 0 aliphatic heterocycles. The molecule has 9 heteroatoms. The van der Waals surface area contributed by atoms with Crippen molar-refractivity contribution in [3.05, 3.63) is 62.8 Å². The predicted octanol–water partition coefficient (Wildman–Crippen LogP) is 1.42. The molecule has 0 fully saturated rings. The highest BCUT2D eigenvalue weighted by atomic mass is 16.5. The van der Waals surface area contributed by atoms with E-state index in [0.717, 1.165) is 5.56 Å². The highest BCUT2D eigenvalue weighted by Gasteiger charge is 2.14. The van der Waals surface area contributed by atoms with Crippen LogP contribution in [0, 0.1) is 0 Å². The number of rotatable bonds is 8. The van der Waals surface area contributed by atoms with Gasteiger partial charge in [0.2, 0.25) is 11.7 Å². The molecule has 0 aliphatic rings. The number of hydrogen-bond acceptors (Lipinski definition) is 6. The second-order valence-electron chi connectivity index (χ2n) is 6.49. The molecule has 1 heterocycles. The standard InChI is InChI=1S/C21H23N3O6/c1-28-16-10-13(11-17(29-2)19(16)30-3)12-22-18(25)8-9-24-15-7-5-4-6-14(15)20(26)23-21(24)27/h4-7,10-11H,8-9,12H2,1-3H3,(H,22,25)(H,23,26,27). The molecule has 0 bridgehead atoms. The zero-order chi connectivity index (χ0) is 21.7. The Balaban J connectivity index is 1.70. The normalized spacial score (nSPS) is 10.6. The lowest BCUT2D eigenvalue weighted by atomic mass is 10.1. The van der Waals surface area contributed by atoms with Gasteiger partial charge in [-0.25, -0.2) is 4.79 Å². The maximum atomic E-state index is 12.4. The molecule has 0 spiro atoms. The van der Waals surface area contributed by atoms with Gasteiger partial charge in [-0.3, -0.25) is 19.1 Å². The SMILES string of the molecule is COc1cc(CNC(=O)CCn2c(=O)[nH]c(=O)c3ccccc32)cc(OC)c1OC. The van der Waals surface area contributed by atoms with Gasteiger partial charge in [0.05, 0.1) is 32.2 Å². The molecular formula is C21H23N3O6. The largest absolute Gasteiger partial charge is 0.493 e. The summed E-state index contributed by atoms with van der Waals surface area (Å²) in [4.78, 5) is 38.7. The molecule has 9 nitrogen and oxygen atoms in total. The van der Waals surface area contributed by atoms with Crippen LogP contribution in [0.1, 0.15) is 12.0 Å². The zero-order valence-corrected chi connectivity index (χ0v) is 17.0. The second-order valence-corrected chi connectivity index (χ2v) is 6.49. The summed E-state index contributed by atoms with van der Waals surface area (Å²) in [5.41, 5.74) is 0.267. The number of carbonyl (C=O) groups excluding carboxylic acids is 1. The fourth-order valence-corrected chi connectivity index (χ4v) is 3.20. The van der Waals surface area contributed by atoms with E-state index in [1.807, 2.05) is 0 Å². The second kappa shape index (κ2) is 9.17. The number of aryl methyl sites for hydroxylation is 1. The van der Waals surface area contributed by atoms with E-state index in [-0.39, 0.29) is 25.4 Å². The van der Waals surface area contributed by atoms with Gasteiger partial charge >= 0.3 is 5.69 Å². The summed E-state index contributed by atoms with van der Waals surface area (Å²) in [7, 11) is 4.56. The third kappa shape index (κ3) is 4.29. The molecule has 0 saturated carbocycles. The van der Waals surface area contributed by atoms with Crippen molar-refractivity contribution in [1.82, 2.24) is 14.9 Å². The minimum atomic E-state index is -0.545. The van der Waals surface area contributed by atoms with Crippen molar-refractivity contribution in [1.29, 1.82) is 0 Å². The van der Waals surface area contributed by atoms with Crippen molar-refractivity contribution in [2.75, 3.05) is 21.3 Å². The van der Waals surface area contributed by atoms with Crippen molar-refractivity contribution < 1.29 is 19.0 Å². The van der Waals surface area contributed by atoms with E-state index in [2.05, 4.69) is 10.3 Å².